The van der Waals surface area contributed by atoms with E-state index in [0.29, 0.717) is 23.9 Å². The van der Waals surface area contributed by atoms with E-state index in [4.69, 9.17) is 6.42 Å². The molecule has 0 aliphatic heterocycles. The first kappa shape index (κ1) is 11.7. The second kappa shape index (κ2) is 5.47. The van der Waals surface area contributed by atoms with Crippen molar-refractivity contribution in [2.45, 2.75) is 32.6 Å². The first-order valence-electron chi connectivity index (χ1n) is 4.70. The van der Waals surface area contributed by atoms with E-state index < -0.39 is 0 Å². The summed E-state index contributed by atoms with van der Waals surface area (Å²) < 4.78 is 0. The van der Waals surface area contributed by atoms with E-state index in [1.165, 1.54) is 11.3 Å². The van der Waals surface area contributed by atoms with Crippen LogP contribution in [-0.4, -0.2) is 16.1 Å². The number of terminal acetylenes is 1. The molecule has 0 radical (unpaired) electrons. The number of anilines is 1. The maximum absolute atomic E-state index is 11.3. The zero-order valence-electron chi connectivity index (χ0n) is 8.78. The summed E-state index contributed by atoms with van der Waals surface area (Å²) in [5.41, 5.74) is 0. The minimum absolute atomic E-state index is 0.112. The Balaban J connectivity index is 2.50. The number of nitrogens with zero attached hydrogens (tertiary/aromatic N) is 2. The number of amides is 1. The van der Waals surface area contributed by atoms with Gasteiger partial charge in [0.15, 0.2) is 0 Å². The van der Waals surface area contributed by atoms with Gasteiger partial charge in [-0.15, -0.1) is 22.5 Å². The van der Waals surface area contributed by atoms with Crippen molar-refractivity contribution in [3.05, 3.63) is 5.01 Å². The minimum Gasteiger partial charge on any atom is -0.300 e. The third-order valence-corrected chi connectivity index (χ3v) is 2.82. The quantitative estimate of drug-likeness (QED) is 0.794. The highest BCUT2D eigenvalue weighted by Crippen LogP contribution is 2.22. The largest absolute Gasteiger partial charge is 0.300 e. The molecule has 0 aliphatic carbocycles. The van der Waals surface area contributed by atoms with Crippen molar-refractivity contribution in [2.24, 2.45) is 0 Å². The molecule has 1 rings (SSSR count). The van der Waals surface area contributed by atoms with Gasteiger partial charge in [-0.25, -0.2) is 0 Å². The molecular weight excluding hydrogens is 210 g/mol. The molecule has 0 aliphatic rings. The van der Waals surface area contributed by atoms with Crippen LogP contribution in [0.4, 0.5) is 5.13 Å². The molecule has 0 unspecified atom stereocenters. The molecule has 0 saturated carbocycles. The van der Waals surface area contributed by atoms with E-state index in [0.717, 1.165) is 5.01 Å². The summed E-state index contributed by atoms with van der Waals surface area (Å²) in [4.78, 5) is 11.3. The lowest BCUT2D eigenvalue weighted by atomic mass is 10.2. The van der Waals surface area contributed by atoms with Gasteiger partial charge in [-0.3, -0.25) is 4.79 Å². The zero-order valence-corrected chi connectivity index (χ0v) is 9.60. The van der Waals surface area contributed by atoms with Gasteiger partial charge in [0.05, 0.1) is 0 Å². The van der Waals surface area contributed by atoms with Crippen LogP contribution in [0.3, 0.4) is 0 Å². The van der Waals surface area contributed by atoms with E-state index in [1.807, 2.05) is 13.8 Å². The predicted molar refractivity (Wildman–Crippen MR) is 60.7 cm³/mol. The lowest BCUT2D eigenvalue weighted by Crippen LogP contribution is -2.10. The average Bonchev–Trinajstić information content (AvgIpc) is 2.63. The van der Waals surface area contributed by atoms with Gasteiger partial charge < -0.3 is 5.32 Å². The lowest BCUT2D eigenvalue weighted by molar-refractivity contribution is -0.116. The van der Waals surface area contributed by atoms with Gasteiger partial charge in [-0.1, -0.05) is 25.2 Å². The highest BCUT2D eigenvalue weighted by molar-refractivity contribution is 7.15. The summed E-state index contributed by atoms with van der Waals surface area (Å²) in [6, 6.07) is 0. The van der Waals surface area contributed by atoms with Crippen LogP contribution in [0.25, 0.3) is 0 Å². The van der Waals surface area contributed by atoms with E-state index in [1.54, 1.807) is 0 Å². The summed E-state index contributed by atoms with van der Waals surface area (Å²) in [5.74, 6) is 2.63. The summed E-state index contributed by atoms with van der Waals surface area (Å²) >= 11 is 1.40. The normalized spacial score (nSPS) is 10.0. The van der Waals surface area contributed by atoms with Crippen LogP contribution in [0, 0.1) is 12.3 Å². The summed E-state index contributed by atoms with van der Waals surface area (Å²) in [5, 5.41) is 12.0. The van der Waals surface area contributed by atoms with Crippen molar-refractivity contribution in [1.29, 1.82) is 0 Å². The predicted octanol–water partition coefficient (Wildman–Crippen LogP) is 2.01. The highest BCUT2D eigenvalue weighted by Gasteiger charge is 2.09. The number of nitrogens with one attached hydrogen (secondary N) is 1. The Morgan fingerprint density at radius 3 is 2.87 bits per heavy atom. The van der Waals surface area contributed by atoms with E-state index in [9.17, 15) is 4.79 Å². The fourth-order valence-electron chi connectivity index (χ4n) is 0.886. The van der Waals surface area contributed by atoms with Crippen LogP contribution < -0.4 is 5.32 Å². The minimum atomic E-state index is -0.112. The Morgan fingerprint density at radius 1 is 1.60 bits per heavy atom. The van der Waals surface area contributed by atoms with Crippen molar-refractivity contribution in [3.8, 4) is 12.3 Å². The molecule has 1 aromatic rings. The van der Waals surface area contributed by atoms with Gasteiger partial charge in [0.1, 0.15) is 5.01 Å². The molecule has 80 valence electrons. The summed E-state index contributed by atoms with van der Waals surface area (Å²) in [6.07, 6.45) is 5.83. The van der Waals surface area contributed by atoms with Crippen LogP contribution in [0.5, 0.6) is 0 Å². The molecule has 0 spiro atoms. The van der Waals surface area contributed by atoms with Crippen molar-refractivity contribution in [2.75, 3.05) is 5.32 Å². The Morgan fingerprint density at radius 2 is 2.33 bits per heavy atom. The van der Waals surface area contributed by atoms with Crippen molar-refractivity contribution < 1.29 is 4.79 Å². The molecule has 0 atom stereocenters. The highest BCUT2D eigenvalue weighted by atomic mass is 32.1. The Kier molecular flexibility index (Phi) is 4.25. The van der Waals surface area contributed by atoms with Gasteiger partial charge >= 0.3 is 0 Å². The monoisotopic (exact) mass is 223 g/mol. The van der Waals surface area contributed by atoms with Crippen LogP contribution in [0.15, 0.2) is 0 Å². The Labute approximate surface area is 93.1 Å². The fourth-order valence-corrected chi connectivity index (χ4v) is 1.65. The van der Waals surface area contributed by atoms with E-state index >= 15 is 0 Å². The van der Waals surface area contributed by atoms with Gasteiger partial charge in [-0.05, 0) is 0 Å². The number of hydrogen-bond donors (Lipinski definition) is 1. The van der Waals surface area contributed by atoms with Gasteiger partial charge in [0.25, 0.3) is 0 Å². The van der Waals surface area contributed by atoms with Crippen molar-refractivity contribution in [1.82, 2.24) is 10.2 Å². The average molecular weight is 223 g/mol. The van der Waals surface area contributed by atoms with Crippen LogP contribution >= 0.6 is 11.3 Å². The molecule has 0 fully saturated rings. The van der Waals surface area contributed by atoms with E-state index in [2.05, 4.69) is 21.4 Å². The second-order valence-corrected chi connectivity index (χ2v) is 4.36. The van der Waals surface area contributed by atoms with Crippen LogP contribution in [-0.2, 0) is 4.79 Å². The molecule has 1 N–H and O–H groups in total. The maximum Gasteiger partial charge on any atom is 0.227 e. The first-order valence-corrected chi connectivity index (χ1v) is 5.52. The van der Waals surface area contributed by atoms with Gasteiger partial charge in [0, 0.05) is 18.8 Å². The molecule has 1 aromatic heterocycles. The van der Waals surface area contributed by atoms with Crippen molar-refractivity contribution >= 4 is 22.4 Å². The SMILES string of the molecule is C#CCCC(=O)Nc1nnc(C(C)C)s1. The number of carbonyl (C=O) groups excluding carboxylic acids is 1. The first-order chi connectivity index (χ1) is 7.13. The molecule has 5 heteroatoms. The molecule has 0 aromatic carbocycles. The standard InChI is InChI=1S/C10H13N3OS/c1-4-5-6-8(14)11-10-13-12-9(15-10)7(2)3/h1,7H,5-6H2,2-3H3,(H,11,13,14). The molecule has 1 amide bonds. The Bertz CT molecular complexity index is 378. The number of carbonyl (C=O) groups is 1. The molecular formula is C10H13N3OS. The fraction of sp³-hybridized carbons (Fsp3) is 0.500. The third-order valence-electron chi connectivity index (χ3n) is 1.68. The second-order valence-electron chi connectivity index (χ2n) is 3.35. The number of rotatable bonds is 4. The van der Waals surface area contributed by atoms with Gasteiger partial charge in [0.2, 0.25) is 11.0 Å². The topological polar surface area (TPSA) is 54.9 Å². The maximum atomic E-state index is 11.3. The smallest absolute Gasteiger partial charge is 0.227 e. The van der Waals surface area contributed by atoms with Crippen LogP contribution in [0.1, 0.15) is 37.6 Å². The summed E-state index contributed by atoms with van der Waals surface area (Å²) in [7, 11) is 0. The Hall–Kier alpha value is -1.41. The van der Waals surface area contributed by atoms with E-state index in [-0.39, 0.29) is 5.91 Å². The zero-order chi connectivity index (χ0) is 11.3. The van der Waals surface area contributed by atoms with Crippen molar-refractivity contribution in [3.63, 3.8) is 0 Å². The van der Waals surface area contributed by atoms with Crippen LogP contribution in [0.2, 0.25) is 0 Å². The van der Waals surface area contributed by atoms with Gasteiger partial charge in [-0.2, -0.15) is 0 Å². The number of aromatic nitrogens is 2. The summed E-state index contributed by atoms with van der Waals surface area (Å²) in [6.45, 7) is 4.06. The molecule has 0 bridgehead atoms. The third kappa shape index (κ3) is 3.68. The lowest BCUT2D eigenvalue weighted by Gasteiger charge is -1.97. The number of hydrogen-bond acceptors (Lipinski definition) is 4. The molecule has 0 saturated heterocycles. The molecule has 1 heterocycles. The molecule has 4 nitrogen and oxygen atoms in total. The molecule has 15 heavy (non-hydrogen) atoms.